The first-order valence-corrected chi connectivity index (χ1v) is 5.88. The summed E-state index contributed by atoms with van der Waals surface area (Å²) in [7, 11) is 0. The number of nitrogens with one attached hydrogen (secondary N) is 1. The van der Waals surface area contributed by atoms with Gasteiger partial charge in [0.05, 0.1) is 6.10 Å². The molecule has 19 heavy (non-hydrogen) atoms. The number of halogens is 3. The summed E-state index contributed by atoms with van der Waals surface area (Å²) in [6.07, 6.45) is -5.21. The largest absolute Gasteiger partial charge is 0.573 e. The molecule has 0 heterocycles. The fraction of sp³-hybridized carbons (Fsp3) is 0.538. The Labute approximate surface area is 110 Å². The molecule has 1 aromatic carbocycles. The van der Waals surface area contributed by atoms with Crippen LogP contribution < -0.4 is 10.1 Å². The number of ether oxygens (including phenoxy) is 1. The van der Waals surface area contributed by atoms with Crippen LogP contribution in [0.5, 0.6) is 5.75 Å². The van der Waals surface area contributed by atoms with Crippen LogP contribution in [0.1, 0.15) is 26.3 Å². The molecule has 1 atom stereocenters. The van der Waals surface area contributed by atoms with E-state index in [4.69, 9.17) is 0 Å². The molecule has 108 valence electrons. The summed E-state index contributed by atoms with van der Waals surface area (Å²) in [6.45, 7) is 5.81. The fourth-order valence-corrected chi connectivity index (χ4v) is 1.29. The number of hydrogen-bond acceptors (Lipinski definition) is 3. The van der Waals surface area contributed by atoms with Gasteiger partial charge in [-0.05, 0) is 38.5 Å². The van der Waals surface area contributed by atoms with Crippen molar-refractivity contribution >= 4 is 0 Å². The lowest BCUT2D eigenvalue weighted by Crippen LogP contribution is -2.47. The second-order valence-electron chi connectivity index (χ2n) is 4.94. The van der Waals surface area contributed by atoms with Crippen molar-refractivity contribution < 1.29 is 23.0 Å². The highest BCUT2D eigenvalue weighted by Crippen LogP contribution is 2.22. The lowest BCUT2D eigenvalue weighted by molar-refractivity contribution is -0.274. The van der Waals surface area contributed by atoms with Gasteiger partial charge in [-0.2, -0.15) is 0 Å². The van der Waals surface area contributed by atoms with Gasteiger partial charge in [0.25, 0.3) is 0 Å². The highest BCUT2D eigenvalue weighted by atomic mass is 19.4. The van der Waals surface area contributed by atoms with Crippen LogP contribution in [0.25, 0.3) is 0 Å². The van der Waals surface area contributed by atoms with Gasteiger partial charge in [-0.15, -0.1) is 13.2 Å². The van der Waals surface area contributed by atoms with Crippen LogP contribution in [0.3, 0.4) is 0 Å². The topological polar surface area (TPSA) is 41.5 Å². The average Bonchev–Trinajstić information content (AvgIpc) is 2.26. The van der Waals surface area contributed by atoms with Gasteiger partial charge >= 0.3 is 6.36 Å². The van der Waals surface area contributed by atoms with Crippen molar-refractivity contribution in [3.8, 4) is 5.75 Å². The summed E-state index contributed by atoms with van der Waals surface area (Å²) in [5, 5.41) is 12.7. The maximum absolute atomic E-state index is 12.0. The number of aliphatic hydroxyl groups is 1. The first-order valence-electron chi connectivity index (χ1n) is 5.88. The van der Waals surface area contributed by atoms with Crippen molar-refractivity contribution in [2.45, 2.75) is 45.3 Å². The third-order valence-electron chi connectivity index (χ3n) is 2.95. The molecule has 0 spiro atoms. The van der Waals surface area contributed by atoms with E-state index in [-0.39, 0.29) is 5.75 Å². The SMILES string of the molecule is CC(O)C(C)(C)NCc1ccc(OC(F)(F)F)cc1. The molecule has 0 aliphatic carbocycles. The second kappa shape index (κ2) is 5.79. The molecule has 6 heteroatoms. The summed E-state index contributed by atoms with van der Waals surface area (Å²) in [5.41, 5.74) is 0.337. The molecule has 1 unspecified atom stereocenters. The van der Waals surface area contributed by atoms with E-state index in [1.165, 1.54) is 12.1 Å². The van der Waals surface area contributed by atoms with Gasteiger partial charge in [-0.3, -0.25) is 0 Å². The van der Waals surface area contributed by atoms with E-state index in [0.717, 1.165) is 5.56 Å². The zero-order valence-corrected chi connectivity index (χ0v) is 11.1. The van der Waals surface area contributed by atoms with E-state index < -0.39 is 18.0 Å². The smallest absolute Gasteiger partial charge is 0.406 e. The summed E-state index contributed by atoms with van der Waals surface area (Å²) >= 11 is 0. The molecule has 0 saturated heterocycles. The predicted molar refractivity (Wildman–Crippen MR) is 65.7 cm³/mol. The Hall–Kier alpha value is -1.27. The molecule has 0 radical (unpaired) electrons. The molecule has 1 rings (SSSR count). The van der Waals surface area contributed by atoms with Gasteiger partial charge in [-0.1, -0.05) is 12.1 Å². The van der Waals surface area contributed by atoms with E-state index in [1.807, 2.05) is 13.8 Å². The molecule has 2 N–H and O–H groups in total. The third-order valence-corrected chi connectivity index (χ3v) is 2.95. The van der Waals surface area contributed by atoms with Crippen LogP contribution >= 0.6 is 0 Å². The van der Waals surface area contributed by atoms with Gasteiger partial charge in [0, 0.05) is 12.1 Å². The molecular formula is C13H18F3NO2. The number of aliphatic hydroxyl groups excluding tert-OH is 1. The summed E-state index contributed by atoms with van der Waals surface area (Å²) in [5.74, 6) is -0.244. The van der Waals surface area contributed by atoms with Crippen molar-refractivity contribution in [1.82, 2.24) is 5.32 Å². The van der Waals surface area contributed by atoms with Crippen molar-refractivity contribution in [1.29, 1.82) is 0 Å². The minimum atomic E-state index is -4.67. The molecule has 0 amide bonds. The molecule has 0 saturated carbocycles. The molecule has 1 aromatic rings. The van der Waals surface area contributed by atoms with Crippen LogP contribution in [-0.2, 0) is 6.54 Å². The molecule has 0 aliphatic rings. The predicted octanol–water partition coefficient (Wildman–Crippen LogP) is 2.83. The Balaban J connectivity index is 2.58. The highest BCUT2D eigenvalue weighted by molar-refractivity contribution is 5.27. The quantitative estimate of drug-likeness (QED) is 0.869. The average molecular weight is 277 g/mol. The monoisotopic (exact) mass is 277 g/mol. The lowest BCUT2D eigenvalue weighted by Gasteiger charge is -2.29. The Morgan fingerprint density at radius 2 is 1.74 bits per heavy atom. The number of hydrogen-bond donors (Lipinski definition) is 2. The summed E-state index contributed by atoms with van der Waals surface area (Å²) in [4.78, 5) is 0. The third kappa shape index (κ3) is 5.48. The first kappa shape index (κ1) is 15.8. The lowest BCUT2D eigenvalue weighted by atomic mass is 9.98. The Morgan fingerprint density at radius 1 is 1.21 bits per heavy atom. The first-order chi connectivity index (χ1) is 8.60. The molecule has 0 aromatic heterocycles. The van der Waals surface area contributed by atoms with Crippen molar-refractivity contribution in [2.75, 3.05) is 0 Å². The van der Waals surface area contributed by atoms with Gasteiger partial charge in [0.1, 0.15) is 5.75 Å². The van der Waals surface area contributed by atoms with Crippen LogP contribution in [-0.4, -0.2) is 23.1 Å². The zero-order chi connectivity index (χ0) is 14.7. The minimum Gasteiger partial charge on any atom is -0.406 e. The Kier molecular flexibility index (Phi) is 4.81. The Morgan fingerprint density at radius 3 is 2.16 bits per heavy atom. The zero-order valence-electron chi connectivity index (χ0n) is 11.1. The summed E-state index contributed by atoms with van der Waals surface area (Å²) < 4.78 is 39.7. The molecule has 0 bridgehead atoms. The summed E-state index contributed by atoms with van der Waals surface area (Å²) in [6, 6.07) is 5.62. The number of rotatable bonds is 5. The minimum absolute atomic E-state index is 0.244. The van der Waals surface area contributed by atoms with Crippen LogP contribution in [0.2, 0.25) is 0 Å². The standard InChI is InChI=1S/C13H18F3NO2/c1-9(18)12(2,3)17-8-10-4-6-11(7-5-10)19-13(14,15)16/h4-7,9,17-18H,8H2,1-3H3. The van der Waals surface area contributed by atoms with E-state index in [0.29, 0.717) is 6.54 Å². The van der Waals surface area contributed by atoms with E-state index in [2.05, 4.69) is 10.1 Å². The van der Waals surface area contributed by atoms with Gasteiger partial charge in [-0.25, -0.2) is 0 Å². The molecular weight excluding hydrogens is 259 g/mol. The molecule has 0 fully saturated rings. The van der Waals surface area contributed by atoms with Crippen molar-refractivity contribution in [3.63, 3.8) is 0 Å². The van der Waals surface area contributed by atoms with Gasteiger partial charge in [0.2, 0.25) is 0 Å². The number of benzene rings is 1. The second-order valence-corrected chi connectivity index (χ2v) is 4.94. The van der Waals surface area contributed by atoms with E-state index in [1.54, 1.807) is 19.1 Å². The van der Waals surface area contributed by atoms with Gasteiger partial charge < -0.3 is 15.2 Å². The van der Waals surface area contributed by atoms with Crippen LogP contribution in [0.15, 0.2) is 24.3 Å². The van der Waals surface area contributed by atoms with Crippen LogP contribution in [0.4, 0.5) is 13.2 Å². The van der Waals surface area contributed by atoms with E-state index in [9.17, 15) is 18.3 Å². The highest BCUT2D eigenvalue weighted by Gasteiger charge is 2.31. The van der Waals surface area contributed by atoms with E-state index >= 15 is 0 Å². The molecule has 3 nitrogen and oxygen atoms in total. The number of alkyl halides is 3. The maximum atomic E-state index is 12.0. The maximum Gasteiger partial charge on any atom is 0.573 e. The fourth-order valence-electron chi connectivity index (χ4n) is 1.29. The van der Waals surface area contributed by atoms with Crippen molar-refractivity contribution in [3.05, 3.63) is 29.8 Å². The normalized spacial score (nSPS) is 14.3. The van der Waals surface area contributed by atoms with Gasteiger partial charge in [0.15, 0.2) is 0 Å². The molecule has 0 aliphatic heterocycles. The Bertz CT molecular complexity index is 399. The van der Waals surface area contributed by atoms with Crippen molar-refractivity contribution in [2.24, 2.45) is 0 Å². The van der Waals surface area contributed by atoms with Crippen LogP contribution in [0, 0.1) is 0 Å².